The van der Waals surface area contributed by atoms with Gasteiger partial charge in [-0.1, -0.05) is 23.7 Å². The van der Waals surface area contributed by atoms with Crippen LogP contribution in [0, 0.1) is 0 Å². The number of hydrogen-bond donors (Lipinski definition) is 3. The predicted octanol–water partition coefficient (Wildman–Crippen LogP) is 3.60. The molecule has 0 aliphatic carbocycles. The zero-order valence-electron chi connectivity index (χ0n) is 15.5. The summed E-state index contributed by atoms with van der Waals surface area (Å²) in [6, 6.07) is 11.7. The van der Waals surface area contributed by atoms with Gasteiger partial charge in [0.2, 0.25) is 0 Å². The number of halogens is 1. The molecule has 8 nitrogen and oxygen atoms in total. The number of nitrogens with zero attached hydrogens (tertiary/aromatic N) is 2. The van der Waals surface area contributed by atoms with Crippen molar-refractivity contribution in [3.8, 4) is 11.5 Å². The molecule has 0 aliphatic heterocycles. The second-order valence-corrected chi connectivity index (χ2v) is 6.34. The van der Waals surface area contributed by atoms with Crippen LogP contribution in [0.4, 0.5) is 10.5 Å². The minimum Gasteiger partial charge on any atom is -0.457 e. The van der Waals surface area contributed by atoms with Crippen molar-refractivity contribution >= 4 is 29.2 Å². The molecule has 29 heavy (non-hydrogen) atoms. The largest absolute Gasteiger partial charge is 0.457 e. The molecule has 9 heteroatoms. The van der Waals surface area contributed by atoms with Gasteiger partial charge in [-0.15, -0.1) is 0 Å². The fraction of sp³-hybridized carbons (Fsp3) is 0.100. The number of ether oxygens (including phenoxy) is 1. The Bertz CT molecular complexity index is 1010. The molecule has 2 heterocycles. The number of urea groups is 1. The SMILES string of the molecule is CNC(=O)c1cc(Oc2ccc(CNC(=O)Nc3cncc(Cl)c3)cc2)ccn1. The van der Waals surface area contributed by atoms with Crippen LogP contribution in [-0.2, 0) is 6.54 Å². The molecule has 0 fully saturated rings. The first-order valence-corrected chi connectivity index (χ1v) is 9.01. The normalized spacial score (nSPS) is 10.1. The fourth-order valence-electron chi connectivity index (χ4n) is 2.38. The van der Waals surface area contributed by atoms with Crippen LogP contribution in [0.25, 0.3) is 0 Å². The van der Waals surface area contributed by atoms with Crippen LogP contribution in [0.2, 0.25) is 5.02 Å². The lowest BCUT2D eigenvalue weighted by molar-refractivity contribution is 0.0958. The number of rotatable bonds is 6. The van der Waals surface area contributed by atoms with Gasteiger partial charge in [-0.3, -0.25) is 14.8 Å². The molecule has 1 aromatic carbocycles. The number of aromatic nitrogens is 2. The molecule has 148 valence electrons. The summed E-state index contributed by atoms with van der Waals surface area (Å²) in [6.45, 7) is 0.330. The van der Waals surface area contributed by atoms with Crippen LogP contribution < -0.4 is 20.7 Å². The van der Waals surface area contributed by atoms with Crippen LogP contribution in [0.3, 0.4) is 0 Å². The summed E-state index contributed by atoms with van der Waals surface area (Å²) in [4.78, 5) is 31.5. The number of carbonyl (C=O) groups is 2. The molecule has 3 amide bonds. The first-order valence-electron chi connectivity index (χ1n) is 8.64. The van der Waals surface area contributed by atoms with Gasteiger partial charge in [0.05, 0.1) is 16.9 Å². The summed E-state index contributed by atoms with van der Waals surface area (Å²) in [5, 5.41) is 8.36. The summed E-state index contributed by atoms with van der Waals surface area (Å²) in [6.07, 6.45) is 4.50. The zero-order valence-corrected chi connectivity index (χ0v) is 16.2. The van der Waals surface area contributed by atoms with Gasteiger partial charge in [0.1, 0.15) is 17.2 Å². The number of nitrogens with one attached hydrogen (secondary N) is 3. The van der Waals surface area contributed by atoms with Crippen LogP contribution >= 0.6 is 11.6 Å². The van der Waals surface area contributed by atoms with Crippen molar-refractivity contribution in [2.75, 3.05) is 12.4 Å². The van der Waals surface area contributed by atoms with Crippen molar-refractivity contribution < 1.29 is 14.3 Å². The number of anilines is 1. The highest BCUT2D eigenvalue weighted by Crippen LogP contribution is 2.22. The molecular weight excluding hydrogens is 394 g/mol. The Balaban J connectivity index is 1.53. The maximum Gasteiger partial charge on any atom is 0.319 e. The summed E-state index contributed by atoms with van der Waals surface area (Å²) in [5.74, 6) is 0.806. The van der Waals surface area contributed by atoms with Crippen molar-refractivity contribution in [1.29, 1.82) is 0 Å². The highest BCUT2D eigenvalue weighted by Gasteiger charge is 2.07. The van der Waals surface area contributed by atoms with Gasteiger partial charge in [-0.05, 0) is 29.8 Å². The van der Waals surface area contributed by atoms with E-state index in [4.69, 9.17) is 16.3 Å². The van der Waals surface area contributed by atoms with E-state index in [9.17, 15) is 9.59 Å². The molecule has 2 aromatic heterocycles. The lowest BCUT2D eigenvalue weighted by Gasteiger charge is -2.09. The van der Waals surface area contributed by atoms with E-state index in [0.717, 1.165) is 5.56 Å². The second kappa shape index (κ2) is 9.52. The van der Waals surface area contributed by atoms with Gasteiger partial charge < -0.3 is 20.7 Å². The molecule has 0 saturated heterocycles. The van der Waals surface area contributed by atoms with Gasteiger partial charge in [-0.2, -0.15) is 0 Å². The van der Waals surface area contributed by atoms with Crippen molar-refractivity contribution in [3.63, 3.8) is 0 Å². The first-order chi connectivity index (χ1) is 14.0. The topological polar surface area (TPSA) is 105 Å². The Morgan fingerprint density at radius 3 is 2.59 bits per heavy atom. The van der Waals surface area contributed by atoms with Crippen LogP contribution in [0.15, 0.2) is 61.1 Å². The second-order valence-electron chi connectivity index (χ2n) is 5.90. The molecule has 0 bridgehead atoms. The molecule has 3 N–H and O–H groups in total. The van der Waals surface area contributed by atoms with Gasteiger partial charge in [-0.25, -0.2) is 4.79 Å². The van der Waals surface area contributed by atoms with Gasteiger partial charge >= 0.3 is 6.03 Å². The molecule has 0 spiro atoms. The molecule has 3 rings (SSSR count). The number of carbonyl (C=O) groups excluding carboxylic acids is 2. The van der Waals surface area contributed by atoms with E-state index in [1.54, 1.807) is 30.3 Å². The van der Waals surface area contributed by atoms with Crippen LogP contribution in [0.5, 0.6) is 11.5 Å². The summed E-state index contributed by atoms with van der Waals surface area (Å²) < 4.78 is 5.75. The Kier molecular flexibility index (Phi) is 6.59. The van der Waals surface area contributed by atoms with E-state index in [1.807, 2.05) is 12.1 Å². The smallest absolute Gasteiger partial charge is 0.319 e. The maximum absolute atomic E-state index is 12.0. The standard InChI is InChI=1S/C20H18ClN5O3/c1-22-19(27)18-9-17(6-7-24-18)29-16-4-2-13(3-5-16)10-25-20(28)26-15-8-14(21)11-23-12-15/h2-9,11-12H,10H2,1H3,(H,22,27)(H2,25,26,28). The van der Waals surface area contributed by atoms with Gasteiger partial charge in [0, 0.05) is 32.1 Å². The zero-order chi connectivity index (χ0) is 20.6. The van der Waals surface area contributed by atoms with E-state index in [0.29, 0.717) is 28.8 Å². The molecule has 0 radical (unpaired) electrons. The van der Waals surface area contributed by atoms with Gasteiger partial charge in [0.25, 0.3) is 5.91 Å². The number of hydrogen-bond acceptors (Lipinski definition) is 5. The minimum atomic E-state index is -0.368. The maximum atomic E-state index is 12.0. The average Bonchev–Trinajstić information content (AvgIpc) is 2.73. The van der Waals surface area contributed by atoms with E-state index >= 15 is 0 Å². The number of amides is 3. The lowest BCUT2D eigenvalue weighted by Crippen LogP contribution is -2.28. The molecule has 0 atom stereocenters. The number of benzene rings is 1. The van der Waals surface area contributed by atoms with E-state index in [-0.39, 0.29) is 17.6 Å². The number of pyridine rings is 2. The average molecular weight is 412 g/mol. The monoisotopic (exact) mass is 411 g/mol. The highest BCUT2D eigenvalue weighted by atomic mass is 35.5. The fourth-order valence-corrected chi connectivity index (χ4v) is 2.55. The Morgan fingerprint density at radius 2 is 1.86 bits per heavy atom. The third kappa shape index (κ3) is 5.91. The molecule has 0 aliphatic rings. The first kappa shape index (κ1) is 20.1. The van der Waals surface area contributed by atoms with E-state index in [1.165, 1.54) is 25.6 Å². The molecular formula is C20H18ClN5O3. The summed E-state index contributed by atoms with van der Waals surface area (Å²) in [7, 11) is 1.54. The van der Waals surface area contributed by atoms with Crippen LogP contribution in [0.1, 0.15) is 16.1 Å². The predicted molar refractivity (Wildman–Crippen MR) is 109 cm³/mol. The van der Waals surface area contributed by atoms with Crippen molar-refractivity contribution in [2.24, 2.45) is 0 Å². The Labute approximate surface area is 172 Å². The van der Waals surface area contributed by atoms with Crippen molar-refractivity contribution in [2.45, 2.75) is 6.54 Å². The van der Waals surface area contributed by atoms with E-state index in [2.05, 4.69) is 25.9 Å². The van der Waals surface area contributed by atoms with Crippen molar-refractivity contribution in [3.05, 3.63) is 77.3 Å². The quantitative estimate of drug-likeness (QED) is 0.574. The van der Waals surface area contributed by atoms with E-state index < -0.39 is 0 Å². The van der Waals surface area contributed by atoms with Crippen LogP contribution in [-0.4, -0.2) is 29.0 Å². The third-order valence-electron chi connectivity index (χ3n) is 3.77. The van der Waals surface area contributed by atoms with Gasteiger partial charge in [0.15, 0.2) is 0 Å². The Hall–Kier alpha value is -3.65. The summed E-state index contributed by atoms with van der Waals surface area (Å²) in [5.41, 5.74) is 1.66. The highest BCUT2D eigenvalue weighted by molar-refractivity contribution is 6.30. The van der Waals surface area contributed by atoms with Crippen molar-refractivity contribution in [1.82, 2.24) is 20.6 Å². The molecule has 0 saturated carbocycles. The third-order valence-corrected chi connectivity index (χ3v) is 3.97. The molecule has 0 unspecified atom stereocenters. The lowest BCUT2D eigenvalue weighted by atomic mass is 10.2. The Morgan fingerprint density at radius 1 is 1.07 bits per heavy atom. The minimum absolute atomic E-state index is 0.270. The molecule has 3 aromatic rings. The summed E-state index contributed by atoms with van der Waals surface area (Å²) >= 11 is 5.84.